The lowest BCUT2D eigenvalue weighted by Gasteiger charge is -2.21. The highest BCUT2D eigenvalue weighted by Crippen LogP contribution is 2.30. The van der Waals surface area contributed by atoms with Crippen LogP contribution in [0.15, 0.2) is 118 Å². The van der Waals surface area contributed by atoms with Crippen molar-refractivity contribution in [1.82, 2.24) is 50.2 Å². The molecule has 12 atom stereocenters. The van der Waals surface area contributed by atoms with E-state index in [0.717, 1.165) is 30.9 Å². The van der Waals surface area contributed by atoms with Gasteiger partial charge in [0.1, 0.15) is 59.8 Å². The van der Waals surface area contributed by atoms with Gasteiger partial charge in [-0.3, -0.25) is 86.1 Å². The maximum atomic E-state index is 13.7. The van der Waals surface area contributed by atoms with Gasteiger partial charge < -0.3 is 72.0 Å². The third kappa shape index (κ3) is 33.2. The number of imide groups is 2. The molecule has 662 valence electrons. The maximum Gasteiger partial charge on any atom is 0.351 e. The standard InChI is InChI=1S/C40H52N6O12S.C39H50N6O12.C2H6S.CH4S/c1-3-10-25(37(55)41-22-33(51)43-31-16-18-46(40(57)44-31)39-36(54)35(53)29(23-47)58-39)20-28(49)27(19-24-11-6-4-7-12-24)42-32(50)15-14-26(48)13-8-5-9-17-45-34(52)21-30(59-2)38(45)56;1-2-9-25(37(55)40-22-32(50)42-30-17-19-45(39(56)43-30)38-36(54)35(53)29(23-46)57-38)21-28(48)27(20-24-10-5-3-6-11-24)41-31(49)14-13-26(47)12-7-4-8-18-44-33(51)15-16-34(44)52;1-2-3;1-2/h4,6-7,11-12,16,18,21,25,27,29,35-36,39,47,53-54H,3,5,8-10,13-15,17,19-20,22-23H2,1-2H3,(H,41,55)(H,42,50)(H,43,44,51,57);3,5-6,10-11,15-17,19,25,27,29,35-36,38,46,53-54H,2,4,7-9,12-14,18,20-23H2,1H3,(H,40,55)(H,41,49)(H,42,43,50,56);3H,2H2,1H3;2H,1H3/t25-,27+,29-,35+,36?,39-;25-,27+,29-,35+,36?,38-;;/m11../s1. The fraction of sp³-hybridized carbons (Fsp3) is 0.537. The number of hydrogen-bond acceptors (Lipinski definition) is 29. The molecule has 2 aromatic heterocycles. The van der Waals surface area contributed by atoms with Crippen LogP contribution in [-0.4, -0.2) is 248 Å². The van der Waals surface area contributed by atoms with Gasteiger partial charge >= 0.3 is 11.4 Å². The Balaban J connectivity index is 0.000000409. The molecule has 8 rings (SSSR count). The zero-order valence-electron chi connectivity index (χ0n) is 68.4. The highest BCUT2D eigenvalue weighted by atomic mass is 32.2. The summed E-state index contributed by atoms with van der Waals surface area (Å²) in [6.45, 7) is 4.00. The summed E-state index contributed by atoms with van der Waals surface area (Å²) in [5.74, 6) is -7.04. The lowest BCUT2D eigenvalue weighted by molar-refractivity contribution is -0.138. The van der Waals surface area contributed by atoms with Crippen LogP contribution in [-0.2, 0) is 89.4 Å². The van der Waals surface area contributed by atoms with Gasteiger partial charge in [0, 0.05) is 107 Å². The summed E-state index contributed by atoms with van der Waals surface area (Å²) in [6, 6.07) is 18.5. The molecule has 4 aliphatic rings. The van der Waals surface area contributed by atoms with E-state index in [2.05, 4.69) is 67.1 Å². The molecule has 6 heterocycles. The summed E-state index contributed by atoms with van der Waals surface area (Å²) >= 11 is 8.54. The van der Waals surface area contributed by atoms with Crippen LogP contribution in [0.2, 0.25) is 0 Å². The van der Waals surface area contributed by atoms with Crippen LogP contribution in [0.1, 0.15) is 160 Å². The summed E-state index contributed by atoms with van der Waals surface area (Å²) in [4.78, 5) is 213. The number of carbonyl (C=O) groups is 14. The van der Waals surface area contributed by atoms with E-state index in [1.54, 1.807) is 61.0 Å². The number of hydrogen-bond donors (Lipinski definition) is 14. The third-order valence-electron chi connectivity index (χ3n) is 19.6. The van der Waals surface area contributed by atoms with Crippen LogP contribution in [0, 0.1) is 11.8 Å². The van der Waals surface area contributed by atoms with E-state index in [4.69, 9.17) is 9.47 Å². The second-order valence-corrected chi connectivity index (χ2v) is 30.1. The predicted molar refractivity (Wildman–Crippen MR) is 451 cm³/mol. The molecule has 39 heteroatoms. The Kier molecular flexibility index (Phi) is 45.3. The minimum absolute atomic E-state index is 0.0318. The average molecular weight is 1750 g/mol. The van der Waals surface area contributed by atoms with Gasteiger partial charge in [-0.1, -0.05) is 107 Å². The number of ketones is 4. The van der Waals surface area contributed by atoms with E-state index in [9.17, 15) is 107 Å². The number of carbonyl (C=O) groups excluding carboxylic acids is 14. The molecule has 121 heavy (non-hydrogen) atoms. The lowest BCUT2D eigenvalue weighted by Crippen LogP contribution is -2.44. The molecule has 4 aromatic rings. The Morgan fingerprint density at radius 2 is 0.893 bits per heavy atom. The van der Waals surface area contributed by atoms with Gasteiger partial charge in [0.05, 0.1) is 43.3 Å². The first-order valence-electron chi connectivity index (χ1n) is 40.0. The molecule has 0 bridgehead atoms. The van der Waals surface area contributed by atoms with E-state index >= 15 is 0 Å². The smallest absolute Gasteiger partial charge is 0.351 e. The van der Waals surface area contributed by atoms with Gasteiger partial charge in [-0.25, -0.2) is 9.59 Å². The molecule has 2 aromatic carbocycles. The third-order valence-corrected chi connectivity index (χ3v) is 20.3. The molecule has 2 fully saturated rings. The zero-order chi connectivity index (χ0) is 89.3. The summed E-state index contributed by atoms with van der Waals surface area (Å²) in [6.07, 6.45) is 3.87. The molecular formula is C82H112N12O24S3. The normalized spacial score (nSPS) is 19.3. The maximum absolute atomic E-state index is 13.7. The number of ether oxygens (including phenoxy) is 2. The number of anilines is 2. The molecule has 36 nitrogen and oxygen atoms in total. The van der Waals surface area contributed by atoms with Crippen LogP contribution >= 0.6 is 37.0 Å². The van der Waals surface area contributed by atoms with Gasteiger partial charge in [0.15, 0.2) is 24.0 Å². The number of aliphatic hydroxyl groups is 6. The SMILES string of the molecule is CCC[C@H](CC(=O)[C@H](Cc1ccccc1)NC(=O)CCC(=O)CCCCCN1C(=O)C=C(SC)C1=O)C(=O)NCC(=O)Nc1ccn([C@@H]2O[C@H](CO)[C@H](O)C2O)c(=O)n1.CCC[C@H](CC(=O)[C@H](Cc1ccccc1)NC(=O)CCC(=O)CCCCCN1C(=O)C=CC1=O)C(=O)NCC(=O)Nc1ccn([C@@H]2O[C@H](CO)[C@H](O)C2O)c(=O)n1.CCS.CS. The zero-order valence-corrected chi connectivity index (χ0v) is 71.0. The number of rotatable bonds is 47. The Morgan fingerprint density at radius 3 is 1.24 bits per heavy atom. The van der Waals surface area contributed by atoms with E-state index in [1.165, 1.54) is 59.4 Å². The molecule has 0 radical (unpaired) electrons. The minimum atomic E-state index is -1.51. The van der Waals surface area contributed by atoms with E-state index in [-0.39, 0.29) is 124 Å². The monoisotopic (exact) mass is 1740 g/mol. The first kappa shape index (κ1) is 102. The number of aromatic nitrogens is 4. The number of nitrogens with zero attached hydrogens (tertiary/aromatic N) is 6. The Hall–Kier alpha value is -9.81. The van der Waals surface area contributed by atoms with Gasteiger partial charge in [0.2, 0.25) is 35.4 Å². The largest absolute Gasteiger partial charge is 0.394 e. The summed E-state index contributed by atoms with van der Waals surface area (Å²) < 4.78 is 12.5. The van der Waals surface area contributed by atoms with Crippen LogP contribution in [0.3, 0.4) is 0 Å². The van der Waals surface area contributed by atoms with Crippen molar-refractivity contribution in [2.24, 2.45) is 11.8 Å². The second-order valence-electron chi connectivity index (χ2n) is 28.6. The summed E-state index contributed by atoms with van der Waals surface area (Å²) in [5.41, 5.74) is -0.300. The van der Waals surface area contributed by atoms with Crippen molar-refractivity contribution in [1.29, 1.82) is 0 Å². The number of unbranched alkanes of at least 4 members (excludes halogenated alkanes) is 4. The van der Waals surface area contributed by atoms with Gasteiger partial charge in [-0.05, 0) is 92.9 Å². The van der Waals surface area contributed by atoms with Crippen molar-refractivity contribution in [2.45, 2.75) is 210 Å². The average Bonchev–Trinajstić information content (AvgIpc) is 1.66. The van der Waals surface area contributed by atoms with Crippen molar-refractivity contribution in [2.75, 3.05) is 68.3 Å². The molecule has 4 aliphatic heterocycles. The van der Waals surface area contributed by atoms with E-state index in [1.807, 2.05) is 32.9 Å². The number of benzene rings is 2. The van der Waals surface area contributed by atoms with Crippen molar-refractivity contribution in [3.8, 4) is 0 Å². The minimum Gasteiger partial charge on any atom is -0.394 e. The number of nitrogens with one attached hydrogen (secondary N) is 6. The number of thiol groups is 2. The van der Waals surface area contributed by atoms with Crippen LogP contribution in [0.25, 0.3) is 0 Å². The summed E-state index contributed by atoms with van der Waals surface area (Å²) in [5, 5.41) is 74.3. The van der Waals surface area contributed by atoms with Gasteiger partial charge in [-0.2, -0.15) is 35.2 Å². The molecular weight excluding hydrogens is 1630 g/mol. The van der Waals surface area contributed by atoms with Crippen LogP contribution in [0.5, 0.6) is 0 Å². The van der Waals surface area contributed by atoms with Gasteiger partial charge in [-0.15, -0.1) is 11.8 Å². The Morgan fingerprint density at radius 1 is 0.504 bits per heavy atom. The number of thioether (sulfide) groups is 1. The van der Waals surface area contributed by atoms with E-state index < -0.39 is 158 Å². The molecule has 10 amide bonds. The topological polar surface area (TPSA) is 527 Å². The molecule has 12 N–H and O–H groups in total. The Labute approximate surface area is 715 Å². The quantitative estimate of drug-likeness (QED) is 0.0170. The predicted octanol–water partition coefficient (Wildman–Crippen LogP) is 1.87. The number of amides is 10. The van der Waals surface area contributed by atoms with Crippen molar-refractivity contribution >= 4 is 131 Å². The van der Waals surface area contributed by atoms with E-state index in [0.29, 0.717) is 69.1 Å². The molecule has 0 aliphatic carbocycles. The van der Waals surface area contributed by atoms with Crippen molar-refractivity contribution < 1.29 is 107 Å². The first-order chi connectivity index (χ1) is 58.0. The highest BCUT2D eigenvalue weighted by molar-refractivity contribution is 8.03. The highest BCUT2D eigenvalue weighted by Gasteiger charge is 2.45. The number of Topliss-reactive ketones (excluding diaryl/α,β-unsaturated/α-hetero) is 4. The molecule has 2 saturated heterocycles. The second kappa shape index (κ2) is 53.9. The molecule has 0 saturated carbocycles. The lowest BCUT2D eigenvalue weighted by atomic mass is 9.91. The fourth-order valence-corrected chi connectivity index (χ4v) is 13.7. The molecule has 0 spiro atoms. The fourth-order valence-electron chi connectivity index (χ4n) is 13.2. The van der Waals surface area contributed by atoms with Crippen molar-refractivity contribution in [3.63, 3.8) is 0 Å². The molecule has 2 unspecified atom stereocenters. The van der Waals surface area contributed by atoms with Crippen LogP contribution < -0.4 is 43.3 Å². The number of aliphatic hydroxyl groups excluding tert-OH is 6. The Bertz CT molecular complexity index is 4330. The van der Waals surface area contributed by atoms with Gasteiger partial charge in [0.25, 0.3) is 23.6 Å². The van der Waals surface area contributed by atoms with Crippen LogP contribution in [0.4, 0.5) is 11.6 Å². The van der Waals surface area contributed by atoms with Crippen molar-refractivity contribution in [3.05, 3.63) is 140 Å². The first-order valence-corrected chi connectivity index (χ1v) is 42.8. The summed E-state index contributed by atoms with van der Waals surface area (Å²) in [7, 11) is 0.